The number of fused-ring (bicyclic) bond motifs is 1. The highest BCUT2D eigenvalue weighted by atomic mass is 35.6. The fourth-order valence-corrected chi connectivity index (χ4v) is 3.92. The summed E-state index contributed by atoms with van der Waals surface area (Å²) >= 11 is 19.7. The van der Waals surface area contributed by atoms with Gasteiger partial charge in [-0.3, -0.25) is 4.79 Å². The Balaban J connectivity index is 1.62. The molecule has 1 aliphatic rings. The SMILES string of the molecule is O=C(CCc1ccccc1)NC(Nc1nc2c(s1)CCC=C2)C(Cl)(Cl)Cl. The van der Waals surface area contributed by atoms with Gasteiger partial charge in [-0.2, -0.15) is 0 Å². The third-order valence-corrected chi connectivity index (χ3v) is 5.64. The van der Waals surface area contributed by atoms with Gasteiger partial charge in [-0.25, -0.2) is 4.98 Å². The largest absolute Gasteiger partial charge is 0.338 e. The van der Waals surface area contributed by atoms with E-state index >= 15 is 0 Å². The Hall–Kier alpha value is -1.27. The number of rotatable bonds is 6. The number of halogens is 3. The molecule has 1 heterocycles. The standard InChI is InChI=1S/C18H18Cl3N3OS/c19-18(20,21)16(23-15(25)11-10-12-6-2-1-3-7-12)24-17-22-13-8-4-5-9-14(13)26-17/h1-4,6-8,16H,5,9-11H2,(H,22,24)(H,23,25). The van der Waals surface area contributed by atoms with Gasteiger partial charge in [-0.15, -0.1) is 11.3 Å². The van der Waals surface area contributed by atoms with E-state index < -0.39 is 9.96 Å². The van der Waals surface area contributed by atoms with E-state index in [9.17, 15) is 4.79 Å². The predicted octanol–water partition coefficient (Wildman–Crippen LogP) is 4.96. The fourth-order valence-electron chi connectivity index (χ4n) is 2.60. The Kier molecular flexibility index (Phi) is 6.46. The van der Waals surface area contributed by atoms with Crippen LogP contribution in [0.1, 0.15) is 29.0 Å². The van der Waals surface area contributed by atoms with Gasteiger partial charge in [-0.05, 0) is 30.9 Å². The van der Waals surface area contributed by atoms with E-state index in [1.54, 1.807) is 0 Å². The number of carbonyl (C=O) groups is 1. The van der Waals surface area contributed by atoms with Gasteiger partial charge in [-0.1, -0.05) is 71.2 Å². The first-order valence-electron chi connectivity index (χ1n) is 8.24. The molecule has 0 saturated heterocycles. The Bertz CT molecular complexity index is 787. The maximum Gasteiger partial charge on any atom is 0.228 e. The van der Waals surface area contributed by atoms with Crippen molar-refractivity contribution in [2.75, 3.05) is 5.32 Å². The molecule has 0 radical (unpaired) electrons. The van der Waals surface area contributed by atoms with E-state index in [1.165, 1.54) is 16.2 Å². The molecule has 2 aromatic rings. The predicted molar refractivity (Wildman–Crippen MR) is 110 cm³/mol. The van der Waals surface area contributed by atoms with Crippen molar-refractivity contribution in [1.29, 1.82) is 0 Å². The van der Waals surface area contributed by atoms with Gasteiger partial charge in [0.05, 0.1) is 5.69 Å². The van der Waals surface area contributed by atoms with Crippen LogP contribution in [0.2, 0.25) is 0 Å². The summed E-state index contributed by atoms with van der Waals surface area (Å²) in [5.74, 6) is -0.195. The molecule has 26 heavy (non-hydrogen) atoms. The molecule has 1 unspecified atom stereocenters. The second-order valence-corrected chi connectivity index (χ2v) is 9.39. The molecule has 2 N–H and O–H groups in total. The molecule has 4 nitrogen and oxygen atoms in total. The van der Waals surface area contributed by atoms with E-state index in [-0.39, 0.29) is 5.91 Å². The van der Waals surface area contributed by atoms with Crippen LogP contribution < -0.4 is 10.6 Å². The highest BCUT2D eigenvalue weighted by molar-refractivity contribution is 7.15. The lowest BCUT2D eigenvalue weighted by atomic mass is 10.1. The van der Waals surface area contributed by atoms with Gasteiger partial charge in [0.1, 0.15) is 6.17 Å². The molecule has 8 heteroatoms. The lowest BCUT2D eigenvalue weighted by Crippen LogP contribution is -2.49. The van der Waals surface area contributed by atoms with Crippen molar-refractivity contribution in [2.45, 2.75) is 35.6 Å². The Morgan fingerprint density at radius 1 is 1.27 bits per heavy atom. The molecule has 138 valence electrons. The number of nitrogens with one attached hydrogen (secondary N) is 2. The van der Waals surface area contributed by atoms with Crippen molar-refractivity contribution in [3.05, 3.63) is 52.5 Å². The molecule has 0 saturated carbocycles. The summed E-state index contributed by atoms with van der Waals surface area (Å²) in [6, 6.07) is 9.78. The average molecular weight is 431 g/mol. The Labute approximate surface area is 171 Å². The van der Waals surface area contributed by atoms with Gasteiger partial charge < -0.3 is 10.6 Å². The van der Waals surface area contributed by atoms with E-state index in [1.807, 2.05) is 36.4 Å². The zero-order chi connectivity index (χ0) is 18.6. The number of thiazole rings is 1. The average Bonchev–Trinajstić information content (AvgIpc) is 3.02. The zero-order valence-corrected chi connectivity index (χ0v) is 16.9. The number of anilines is 1. The van der Waals surface area contributed by atoms with Crippen LogP contribution in [0.4, 0.5) is 5.13 Å². The van der Waals surface area contributed by atoms with Crippen LogP contribution in [0.5, 0.6) is 0 Å². The van der Waals surface area contributed by atoms with E-state index in [0.29, 0.717) is 18.0 Å². The van der Waals surface area contributed by atoms with Crippen LogP contribution in [-0.2, 0) is 17.6 Å². The number of benzene rings is 1. The smallest absolute Gasteiger partial charge is 0.228 e. The van der Waals surface area contributed by atoms with E-state index in [2.05, 4.69) is 21.7 Å². The number of amides is 1. The highest BCUT2D eigenvalue weighted by Crippen LogP contribution is 2.34. The summed E-state index contributed by atoms with van der Waals surface area (Å²) < 4.78 is -1.70. The number of alkyl halides is 3. The van der Waals surface area contributed by atoms with Crippen LogP contribution in [-0.4, -0.2) is 20.8 Å². The topological polar surface area (TPSA) is 54.0 Å². The first-order valence-corrected chi connectivity index (χ1v) is 10.2. The normalized spacial score (nSPS) is 14.6. The second-order valence-electron chi connectivity index (χ2n) is 5.94. The third kappa shape index (κ3) is 5.36. The molecule has 1 aromatic heterocycles. The maximum absolute atomic E-state index is 12.3. The number of hydrogen-bond donors (Lipinski definition) is 2. The minimum Gasteiger partial charge on any atom is -0.338 e. The molecule has 1 aromatic carbocycles. The van der Waals surface area contributed by atoms with Gasteiger partial charge in [0, 0.05) is 11.3 Å². The van der Waals surface area contributed by atoms with Crippen molar-refractivity contribution < 1.29 is 4.79 Å². The number of nitrogens with zero attached hydrogens (tertiary/aromatic N) is 1. The van der Waals surface area contributed by atoms with Crippen LogP contribution >= 0.6 is 46.1 Å². The van der Waals surface area contributed by atoms with Crippen LogP contribution in [0.3, 0.4) is 0 Å². The first-order chi connectivity index (χ1) is 12.4. The quantitative estimate of drug-likeness (QED) is 0.503. The summed E-state index contributed by atoms with van der Waals surface area (Å²) in [5, 5.41) is 6.44. The lowest BCUT2D eigenvalue weighted by molar-refractivity contribution is -0.121. The number of hydrogen-bond acceptors (Lipinski definition) is 4. The van der Waals surface area contributed by atoms with Crippen LogP contribution in [0.15, 0.2) is 36.4 Å². The van der Waals surface area contributed by atoms with Gasteiger partial charge in [0.25, 0.3) is 0 Å². The number of carbonyl (C=O) groups excluding carboxylic acids is 1. The van der Waals surface area contributed by atoms with Crippen molar-refractivity contribution in [3.63, 3.8) is 0 Å². The van der Waals surface area contributed by atoms with Crippen molar-refractivity contribution in [2.24, 2.45) is 0 Å². The monoisotopic (exact) mass is 429 g/mol. The van der Waals surface area contributed by atoms with Gasteiger partial charge >= 0.3 is 0 Å². The fraction of sp³-hybridized carbons (Fsp3) is 0.333. The highest BCUT2D eigenvalue weighted by Gasteiger charge is 2.34. The molecule has 1 atom stereocenters. The number of aromatic nitrogens is 1. The summed E-state index contributed by atoms with van der Waals surface area (Å²) in [6.07, 6.45) is 6.08. The molecule has 0 aliphatic heterocycles. The molecular weight excluding hydrogens is 413 g/mol. The summed E-state index contributed by atoms with van der Waals surface area (Å²) in [6.45, 7) is 0. The minimum atomic E-state index is -1.70. The maximum atomic E-state index is 12.3. The summed E-state index contributed by atoms with van der Waals surface area (Å²) in [5.41, 5.74) is 2.02. The summed E-state index contributed by atoms with van der Waals surface area (Å²) in [4.78, 5) is 18.0. The minimum absolute atomic E-state index is 0.195. The molecule has 0 fully saturated rings. The van der Waals surface area contributed by atoms with Gasteiger partial charge in [0.2, 0.25) is 9.70 Å². The second kappa shape index (κ2) is 8.61. The van der Waals surface area contributed by atoms with Gasteiger partial charge in [0.15, 0.2) is 5.13 Å². The third-order valence-electron chi connectivity index (χ3n) is 3.93. The molecular formula is C18H18Cl3N3OS. The van der Waals surface area contributed by atoms with Crippen molar-refractivity contribution >= 4 is 63.3 Å². The van der Waals surface area contributed by atoms with E-state index in [0.717, 1.165) is 24.1 Å². The van der Waals surface area contributed by atoms with Crippen LogP contribution in [0, 0.1) is 0 Å². The molecule has 1 aliphatic carbocycles. The first kappa shape index (κ1) is 19.5. The van der Waals surface area contributed by atoms with Crippen molar-refractivity contribution in [1.82, 2.24) is 10.3 Å². The Morgan fingerprint density at radius 3 is 2.73 bits per heavy atom. The number of allylic oxidation sites excluding steroid dienone is 1. The van der Waals surface area contributed by atoms with Crippen LogP contribution in [0.25, 0.3) is 6.08 Å². The summed E-state index contributed by atoms with van der Waals surface area (Å²) in [7, 11) is 0. The molecule has 0 bridgehead atoms. The van der Waals surface area contributed by atoms with E-state index in [4.69, 9.17) is 34.8 Å². The van der Waals surface area contributed by atoms with Crippen molar-refractivity contribution in [3.8, 4) is 0 Å². The zero-order valence-electron chi connectivity index (χ0n) is 13.8. The molecule has 0 spiro atoms. The molecule has 1 amide bonds. The number of aryl methyl sites for hydroxylation is 2. The lowest BCUT2D eigenvalue weighted by Gasteiger charge is -2.26. The Morgan fingerprint density at radius 2 is 2.04 bits per heavy atom. The molecule has 3 rings (SSSR count).